The van der Waals surface area contributed by atoms with E-state index < -0.39 is 0 Å². The molecule has 1 N–H and O–H groups in total. The van der Waals surface area contributed by atoms with Gasteiger partial charge in [-0.25, -0.2) is 9.67 Å². The standard InChI is InChI=1S/C12H13BrN4O/c1-8(2)17-11(5-6-15-17)16-12(18)9-3-4-10(13)14-7-9/h3-8H,1-2H3,(H,16,18). The van der Waals surface area contributed by atoms with E-state index in [2.05, 4.69) is 31.3 Å². The molecule has 0 bridgehead atoms. The summed E-state index contributed by atoms with van der Waals surface area (Å²) in [7, 11) is 0. The highest BCUT2D eigenvalue weighted by atomic mass is 79.9. The molecule has 0 unspecified atom stereocenters. The van der Waals surface area contributed by atoms with Gasteiger partial charge in [0.15, 0.2) is 0 Å². The van der Waals surface area contributed by atoms with Gasteiger partial charge in [-0.2, -0.15) is 5.10 Å². The maximum atomic E-state index is 12.0. The van der Waals surface area contributed by atoms with Gasteiger partial charge in [-0.05, 0) is 41.9 Å². The molecule has 94 valence electrons. The van der Waals surface area contributed by atoms with E-state index in [4.69, 9.17) is 0 Å². The van der Waals surface area contributed by atoms with Crippen LogP contribution in [0.3, 0.4) is 0 Å². The van der Waals surface area contributed by atoms with Gasteiger partial charge in [0.2, 0.25) is 0 Å². The van der Waals surface area contributed by atoms with Crippen molar-refractivity contribution in [3.63, 3.8) is 0 Å². The summed E-state index contributed by atoms with van der Waals surface area (Å²) in [5.74, 6) is 0.482. The van der Waals surface area contributed by atoms with Crippen molar-refractivity contribution in [3.05, 3.63) is 40.8 Å². The van der Waals surface area contributed by atoms with E-state index in [1.807, 2.05) is 13.8 Å². The van der Waals surface area contributed by atoms with Gasteiger partial charge in [-0.15, -0.1) is 0 Å². The summed E-state index contributed by atoms with van der Waals surface area (Å²) in [4.78, 5) is 16.0. The van der Waals surface area contributed by atoms with Crippen LogP contribution < -0.4 is 5.32 Å². The molecule has 0 spiro atoms. The summed E-state index contributed by atoms with van der Waals surface area (Å²) in [6.07, 6.45) is 3.19. The normalized spacial score (nSPS) is 10.7. The number of anilines is 1. The highest BCUT2D eigenvalue weighted by Gasteiger charge is 2.11. The predicted molar refractivity (Wildman–Crippen MR) is 72.5 cm³/mol. The van der Waals surface area contributed by atoms with Crippen LogP contribution in [0.25, 0.3) is 0 Å². The number of hydrogen-bond donors (Lipinski definition) is 1. The molecule has 0 aliphatic heterocycles. The first-order valence-corrected chi connectivity index (χ1v) is 6.33. The van der Waals surface area contributed by atoms with Gasteiger partial charge in [0.1, 0.15) is 10.4 Å². The first kappa shape index (κ1) is 12.8. The zero-order valence-electron chi connectivity index (χ0n) is 10.1. The van der Waals surface area contributed by atoms with Crippen LogP contribution in [0.4, 0.5) is 5.82 Å². The van der Waals surface area contributed by atoms with Crippen LogP contribution in [0.15, 0.2) is 35.2 Å². The fraction of sp³-hybridized carbons (Fsp3) is 0.250. The van der Waals surface area contributed by atoms with Gasteiger partial charge in [0, 0.05) is 18.3 Å². The van der Waals surface area contributed by atoms with E-state index >= 15 is 0 Å². The minimum atomic E-state index is -0.197. The lowest BCUT2D eigenvalue weighted by atomic mass is 10.3. The third-order valence-electron chi connectivity index (χ3n) is 2.39. The van der Waals surface area contributed by atoms with Crippen LogP contribution in [0.1, 0.15) is 30.2 Å². The Morgan fingerprint density at radius 1 is 1.39 bits per heavy atom. The average Bonchev–Trinajstić information content (AvgIpc) is 2.78. The highest BCUT2D eigenvalue weighted by molar-refractivity contribution is 9.10. The van der Waals surface area contributed by atoms with Crippen LogP contribution in [0.5, 0.6) is 0 Å². The third-order valence-corrected chi connectivity index (χ3v) is 2.86. The minimum absolute atomic E-state index is 0.193. The SMILES string of the molecule is CC(C)n1nccc1NC(=O)c1ccc(Br)nc1. The van der Waals surface area contributed by atoms with Crippen LogP contribution in [-0.4, -0.2) is 20.7 Å². The first-order chi connectivity index (χ1) is 8.58. The summed E-state index contributed by atoms with van der Waals surface area (Å²) in [6.45, 7) is 4.01. The molecule has 18 heavy (non-hydrogen) atoms. The fourth-order valence-electron chi connectivity index (χ4n) is 1.52. The van der Waals surface area contributed by atoms with Crippen LogP contribution in [0.2, 0.25) is 0 Å². The molecule has 0 atom stereocenters. The number of halogens is 1. The van der Waals surface area contributed by atoms with E-state index in [-0.39, 0.29) is 11.9 Å². The summed E-state index contributed by atoms with van der Waals surface area (Å²) in [6, 6.07) is 5.40. The molecule has 2 rings (SSSR count). The Labute approximate surface area is 113 Å². The predicted octanol–water partition coefficient (Wildman–Crippen LogP) is 2.87. The zero-order valence-corrected chi connectivity index (χ0v) is 11.7. The summed E-state index contributed by atoms with van der Waals surface area (Å²) >= 11 is 3.23. The highest BCUT2D eigenvalue weighted by Crippen LogP contribution is 2.14. The fourth-order valence-corrected chi connectivity index (χ4v) is 1.76. The van der Waals surface area contributed by atoms with Crippen LogP contribution in [-0.2, 0) is 0 Å². The van der Waals surface area contributed by atoms with E-state index in [1.54, 1.807) is 29.1 Å². The van der Waals surface area contributed by atoms with Crippen molar-refractivity contribution in [2.75, 3.05) is 5.32 Å². The number of hydrogen-bond acceptors (Lipinski definition) is 3. The number of nitrogens with zero attached hydrogens (tertiary/aromatic N) is 3. The number of nitrogens with one attached hydrogen (secondary N) is 1. The largest absolute Gasteiger partial charge is 0.307 e. The molecule has 0 saturated carbocycles. The smallest absolute Gasteiger partial charge is 0.258 e. The molecule has 2 heterocycles. The zero-order chi connectivity index (χ0) is 13.1. The van der Waals surface area contributed by atoms with Gasteiger partial charge >= 0.3 is 0 Å². The topological polar surface area (TPSA) is 59.8 Å². The van der Waals surface area contributed by atoms with Gasteiger partial charge in [0.05, 0.1) is 11.8 Å². The first-order valence-electron chi connectivity index (χ1n) is 5.54. The summed E-state index contributed by atoms with van der Waals surface area (Å²) in [5, 5.41) is 6.97. The Kier molecular flexibility index (Phi) is 3.76. The van der Waals surface area contributed by atoms with Gasteiger partial charge in [0.25, 0.3) is 5.91 Å². The quantitative estimate of drug-likeness (QED) is 0.887. The lowest BCUT2D eigenvalue weighted by Crippen LogP contribution is -2.16. The molecule has 0 fully saturated rings. The second-order valence-corrected chi connectivity index (χ2v) is 4.89. The third kappa shape index (κ3) is 2.76. The second-order valence-electron chi connectivity index (χ2n) is 4.08. The molecular formula is C12H13BrN4O. The van der Waals surface area contributed by atoms with E-state index in [1.165, 1.54) is 6.20 Å². The Hall–Kier alpha value is -1.69. The lowest BCUT2D eigenvalue weighted by Gasteiger charge is -2.11. The molecule has 2 aromatic rings. The number of carbonyl (C=O) groups excluding carboxylic acids is 1. The maximum Gasteiger partial charge on any atom is 0.258 e. The van der Waals surface area contributed by atoms with Crippen molar-refractivity contribution in [1.82, 2.24) is 14.8 Å². The summed E-state index contributed by atoms with van der Waals surface area (Å²) in [5.41, 5.74) is 0.509. The van der Waals surface area contributed by atoms with Crippen LogP contribution in [0, 0.1) is 0 Å². The van der Waals surface area contributed by atoms with E-state index in [0.717, 1.165) is 0 Å². The Balaban J connectivity index is 2.16. The van der Waals surface area contributed by atoms with Crippen molar-refractivity contribution in [3.8, 4) is 0 Å². The molecule has 0 saturated heterocycles. The van der Waals surface area contributed by atoms with Crippen molar-refractivity contribution < 1.29 is 4.79 Å². The van der Waals surface area contributed by atoms with Crippen molar-refractivity contribution in [1.29, 1.82) is 0 Å². The Morgan fingerprint density at radius 2 is 2.17 bits per heavy atom. The Bertz CT molecular complexity index is 547. The monoisotopic (exact) mass is 308 g/mol. The van der Waals surface area contributed by atoms with Gasteiger partial charge < -0.3 is 5.32 Å². The molecule has 2 aromatic heterocycles. The van der Waals surface area contributed by atoms with E-state index in [9.17, 15) is 4.79 Å². The van der Waals surface area contributed by atoms with Gasteiger partial charge in [-0.1, -0.05) is 0 Å². The van der Waals surface area contributed by atoms with Crippen molar-refractivity contribution in [2.24, 2.45) is 0 Å². The molecule has 0 radical (unpaired) electrons. The number of aromatic nitrogens is 3. The molecule has 0 aliphatic carbocycles. The van der Waals surface area contributed by atoms with Crippen molar-refractivity contribution >= 4 is 27.7 Å². The molecule has 6 heteroatoms. The number of rotatable bonds is 3. The maximum absolute atomic E-state index is 12.0. The number of carbonyl (C=O) groups is 1. The molecule has 5 nitrogen and oxygen atoms in total. The molecule has 0 aliphatic rings. The molecular weight excluding hydrogens is 296 g/mol. The van der Waals surface area contributed by atoms with Gasteiger partial charge in [-0.3, -0.25) is 4.79 Å². The van der Waals surface area contributed by atoms with Crippen molar-refractivity contribution in [2.45, 2.75) is 19.9 Å². The molecule has 1 amide bonds. The van der Waals surface area contributed by atoms with E-state index in [0.29, 0.717) is 16.0 Å². The average molecular weight is 309 g/mol. The second kappa shape index (κ2) is 5.30. The van der Waals surface area contributed by atoms with Crippen LogP contribution >= 0.6 is 15.9 Å². The molecule has 0 aromatic carbocycles. The lowest BCUT2D eigenvalue weighted by molar-refractivity contribution is 0.102. The summed E-state index contributed by atoms with van der Waals surface area (Å²) < 4.78 is 2.45. The Morgan fingerprint density at radius 3 is 2.78 bits per heavy atom. The number of pyridine rings is 1. The minimum Gasteiger partial charge on any atom is -0.307 e. The number of amides is 1.